The normalized spacial score (nSPS) is 19.8. The van der Waals surface area contributed by atoms with E-state index in [-0.39, 0.29) is 6.04 Å². The lowest BCUT2D eigenvalue weighted by molar-refractivity contribution is 0.0578. The third-order valence-electron chi connectivity index (χ3n) is 2.86. The van der Waals surface area contributed by atoms with Crippen LogP contribution < -0.4 is 10.2 Å². The van der Waals surface area contributed by atoms with Gasteiger partial charge in [0.05, 0.1) is 24.8 Å². The molecule has 1 aromatic rings. The minimum Gasteiger partial charge on any atom is -0.492 e. The van der Waals surface area contributed by atoms with Gasteiger partial charge < -0.3 is 9.57 Å². The summed E-state index contributed by atoms with van der Waals surface area (Å²) in [6.45, 7) is 2.77. The van der Waals surface area contributed by atoms with Crippen molar-refractivity contribution in [3.63, 3.8) is 0 Å². The molecule has 4 heteroatoms. The smallest absolute Gasteiger partial charge is 0.142 e. The minimum atomic E-state index is 0.154. The first-order chi connectivity index (χ1) is 7.74. The first-order valence-electron chi connectivity index (χ1n) is 5.44. The minimum absolute atomic E-state index is 0.154. The lowest BCUT2D eigenvalue weighted by Crippen LogP contribution is -2.20. The molecule has 1 atom stereocenters. The van der Waals surface area contributed by atoms with Gasteiger partial charge >= 0.3 is 0 Å². The van der Waals surface area contributed by atoms with Gasteiger partial charge in [-0.2, -0.15) is 5.48 Å². The molecule has 1 aliphatic heterocycles. The fraction of sp³-hybridized carbons (Fsp3) is 0.500. The van der Waals surface area contributed by atoms with Gasteiger partial charge in [0.1, 0.15) is 5.75 Å². The van der Waals surface area contributed by atoms with E-state index in [0.29, 0.717) is 11.6 Å². The Morgan fingerprint density at radius 2 is 2.31 bits per heavy atom. The molecule has 1 aliphatic rings. The second-order valence-electron chi connectivity index (χ2n) is 3.97. The van der Waals surface area contributed by atoms with E-state index in [1.54, 1.807) is 7.11 Å². The van der Waals surface area contributed by atoms with Crippen LogP contribution in [0.25, 0.3) is 0 Å². The van der Waals surface area contributed by atoms with E-state index >= 15 is 0 Å². The molecule has 2 rings (SSSR count). The summed E-state index contributed by atoms with van der Waals surface area (Å²) in [6, 6.07) is 4.05. The fourth-order valence-corrected chi connectivity index (χ4v) is 2.34. The van der Waals surface area contributed by atoms with Crippen LogP contribution in [0.1, 0.15) is 30.0 Å². The molecule has 0 radical (unpaired) electrons. The zero-order valence-corrected chi connectivity index (χ0v) is 10.3. The Kier molecular flexibility index (Phi) is 3.69. The van der Waals surface area contributed by atoms with Gasteiger partial charge in [0.15, 0.2) is 0 Å². The summed E-state index contributed by atoms with van der Waals surface area (Å²) in [7, 11) is 1.63. The molecule has 0 bridgehead atoms. The average Bonchev–Trinajstić information content (AvgIpc) is 2.48. The van der Waals surface area contributed by atoms with E-state index in [1.807, 2.05) is 12.1 Å². The van der Waals surface area contributed by atoms with E-state index in [9.17, 15) is 0 Å². The molecule has 1 heterocycles. The van der Waals surface area contributed by atoms with Crippen LogP contribution in [-0.4, -0.2) is 13.7 Å². The van der Waals surface area contributed by atoms with Crippen molar-refractivity contribution in [3.05, 3.63) is 28.3 Å². The first kappa shape index (κ1) is 11.7. The molecule has 3 nitrogen and oxygen atoms in total. The SMILES string of the molecule is CONC1CCCOc2c(Cl)ccc(C)c21. The summed E-state index contributed by atoms with van der Waals surface area (Å²) in [5.41, 5.74) is 5.30. The monoisotopic (exact) mass is 241 g/mol. The molecule has 0 aromatic heterocycles. The molecular weight excluding hydrogens is 226 g/mol. The Morgan fingerprint density at radius 1 is 1.50 bits per heavy atom. The second-order valence-corrected chi connectivity index (χ2v) is 4.38. The average molecular weight is 242 g/mol. The van der Waals surface area contributed by atoms with Crippen molar-refractivity contribution in [2.24, 2.45) is 0 Å². The first-order valence-corrected chi connectivity index (χ1v) is 5.82. The van der Waals surface area contributed by atoms with E-state index in [1.165, 1.54) is 5.56 Å². The van der Waals surface area contributed by atoms with Crippen molar-refractivity contribution < 1.29 is 9.57 Å². The molecule has 88 valence electrons. The number of hydrogen-bond donors (Lipinski definition) is 1. The summed E-state index contributed by atoms with van der Waals surface area (Å²) in [6.07, 6.45) is 1.98. The maximum atomic E-state index is 6.16. The van der Waals surface area contributed by atoms with E-state index in [0.717, 1.165) is 24.2 Å². The number of nitrogens with one attached hydrogen (secondary N) is 1. The van der Waals surface area contributed by atoms with Crippen molar-refractivity contribution >= 4 is 11.6 Å². The Hall–Kier alpha value is -0.770. The van der Waals surface area contributed by atoms with Gasteiger partial charge in [-0.15, -0.1) is 0 Å². The lowest BCUT2D eigenvalue weighted by atomic mass is 9.98. The Bertz CT molecular complexity index is 382. The van der Waals surface area contributed by atoms with E-state index in [2.05, 4.69) is 12.4 Å². The van der Waals surface area contributed by atoms with Gasteiger partial charge in [-0.1, -0.05) is 17.7 Å². The van der Waals surface area contributed by atoms with Gasteiger partial charge in [0.2, 0.25) is 0 Å². The largest absolute Gasteiger partial charge is 0.492 e. The highest BCUT2D eigenvalue weighted by Crippen LogP contribution is 2.39. The highest BCUT2D eigenvalue weighted by molar-refractivity contribution is 6.32. The highest BCUT2D eigenvalue weighted by atomic mass is 35.5. The summed E-state index contributed by atoms with van der Waals surface area (Å²) in [5, 5.41) is 0.672. The molecule has 1 N–H and O–H groups in total. The quantitative estimate of drug-likeness (QED) is 0.808. The number of aryl methyl sites for hydroxylation is 1. The predicted molar refractivity (Wildman–Crippen MR) is 63.8 cm³/mol. The third kappa shape index (κ3) is 2.17. The molecular formula is C12H16ClNO2. The summed E-state index contributed by atoms with van der Waals surface area (Å²) in [5.74, 6) is 0.800. The second kappa shape index (κ2) is 5.04. The van der Waals surface area contributed by atoms with Crippen LogP contribution in [0.5, 0.6) is 5.75 Å². The van der Waals surface area contributed by atoms with Crippen LogP contribution in [0.4, 0.5) is 0 Å². The standard InChI is InChI=1S/C12H16ClNO2/c1-8-5-6-9(13)12-11(8)10(14-15-2)4-3-7-16-12/h5-6,10,14H,3-4,7H2,1-2H3. The molecule has 0 saturated carbocycles. The lowest BCUT2D eigenvalue weighted by Gasteiger charge is -2.19. The summed E-state index contributed by atoms with van der Waals surface area (Å²) >= 11 is 6.16. The molecule has 0 saturated heterocycles. The van der Waals surface area contributed by atoms with Gasteiger partial charge in [-0.05, 0) is 31.4 Å². The molecule has 0 fully saturated rings. The van der Waals surface area contributed by atoms with Gasteiger partial charge in [-0.3, -0.25) is 0 Å². The zero-order chi connectivity index (χ0) is 11.5. The number of hydroxylamine groups is 1. The Balaban J connectivity index is 2.46. The molecule has 1 aromatic carbocycles. The number of ether oxygens (including phenoxy) is 1. The van der Waals surface area contributed by atoms with Crippen LogP contribution in [0.2, 0.25) is 5.02 Å². The number of benzene rings is 1. The van der Waals surface area contributed by atoms with Gasteiger partial charge in [0.25, 0.3) is 0 Å². The molecule has 16 heavy (non-hydrogen) atoms. The van der Waals surface area contributed by atoms with Crippen molar-refractivity contribution in [2.45, 2.75) is 25.8 Å². The van der Waals surface area contributed by atoms with Crippen molar-refractivity contribution in [2.75, 3.05) is 13.7 Å². The van der Waals surface area contributed by atoms with Crippen LogP contribution in [-0.2, 0) is 4.84 Å². The van der Waals surface area contributed by atoms with Gasteiger partial charge in [-0.25, -0.2) is 0 Å². The maximum Gasteiger partial charge on any atom is 0.142 e. The van der Waals surface area contributed by atoms with Gasteiger partial charge in [0, 0.05) is 5.56 Å². The third-order valence-corrected chi connectivity index (χ3v) is 3.16. The Labute approximate surface area is 101 Å². The van der Waals surface area contributed by atoms with Crippen molar-refractivity contribution in [1.82, 2.24) is 5.48 Å². The number of halogens is 1. The van der Waals surface area contributed by atoms with Crippen molar-refractivity contribution in [1.29, 1.82) is 0 Å². The fourth-order valence-electron chi connectivity index (χ4n) is 2.12. The predicted octanol–water partition coefficient (Wildman–Crippen LogP) is 3.01. The Morgan fingerprint density at radius 3 is 3.06 bits per heavy atom. The molecule has 0 spiro atoms. The number of rotatable bonds is 2. The summed E-state index contributed by atoms with van der Waals surface area (Å²) < 4.78 is 5.71. The van der Waals surface area contributed by atoms with Crippen molar-refractivity contribution in [3.8, 4) is 5.75 Å². The topological polar surface area (TPSA) is 30.5 Å². The molecule has 0 amide bonds. The van der Waals surface area contributed by atoms with Crippen LogP contribution in [0.15, 0.2) is 12.1 Å². The zero-order valence-electron chi connectivity index (χ0n) is 9.55. The summed E-state index contributed by atoms with van der Waals surface area (Å²) in [4.78, 5) is 5.04. The van der Waals surface area contributed by atoms with Crippen LogP contribution in [0.3, 0.4) is 0 Å². The highest BCUT2D eigenvalue weighted by Gasteiger charge is 2.23. The van der Waals surface area contributed by atoms with E-state index in [4.69, 9.17) is 21.2 Å². The van der Waals surface area contributed by atoms with Crippen LogP contribution in [0, 0.1) is 6.92 Å². The molecule has 0 aliphatic carbocycles. The van der Waals surface area contributed by atoms with E-state index < -0.39 is 0 Å². The number of fused-ring (bicyclic) bond motifs is 1. The maximum absolute atomic E-state index is 6.16. The molecule has 1 unspecified atom stereocenters. The van der Waals surface area contributed by atoms with Crippen LogP contribution >= 0.6 is 11.6 Å². The number of hydrogen-bond acceptors (Lipinski definition) is 3.